The van der Waals surface area contributed by atoms with Crippen LogP contribution in [0.3, 0.4) is 0 Å². The van der Waals surface area contributed by atoms with E-state index in [1.807, 2.05) is 33.3 Å². The highest BCUT2D eigenvalue weighted by Gasteiger charge is 2.12. The van der Waals surface area contributed by atoms with E-state index in [0.717, 1.165) is 5.56 Å². The van der Waals surface area contributed by atoms with Crippen LogP contribution in [0.2, 0.25) is 0 Å². The zero-order chi connectivity index (χ0) is 11.4. The van der Waals surface area contributed by atoms with Crippen molar-refractivity contribution >= 4 is 0 Å². The van der Waals surface area contributed by atoms with E-state index in [-0.39, 0.29) is 12.1 Å². The number of hydrogen-bond acceptors (Lipinski definition) is 3. The molecule has 0 radical (unpaired) electrons. The summed E-state index contributed by atoms with van der Waals surface area (Å²) in [6, 6.07) is 0.229. The van der Waals surface area contributed by atoms with Crippen LogP contribution in [0.15, 0.2) is 12.4 Å². The van der Waals surface area contributed by atoms with Gasteiger partial charge in [0.2, 0.25) is 0 Å². The predicted octanol–water partition coefficient (Wildman–Crippen LogP) is 1.09. The van der Waals surface area contributed by atoms with E-state index >= 15 is 0 Å². The first-order valence-corrected chi connectivity index (χ1v) is 5.40. The van der Waals surface area contributed by atoms with E-state index < -0.39 is 0 Å². The highest BCUT2D eigenvalue weighted by Crippen LogP contribution is 2.10. The Morgan fingerprint density at radius 3 is 2.60 bits per heavy atom. The molecule has 0 amide bonds. The summed E-state index contributed by atoms with van der Waals surface area (Å²) in [4.78, 5) is 0. The van der Waals surface area contributed by atoms with Gasteiger partial charge in [-0.05, 0) is 12.8 Å². The number of aliphatic hydroxyl groups is 1. The van der Waals surface area contributed by atoms with Crippen LogP contribution in [0.4, 0.5) is 0 Å². The molecule has 4 nitrogen and oxygen atoms in total. The number of nitrogens with zero attached hydrogens (tertiary/aromatic N) is 2. The van der Waals surface area contributed by atoms with E-state index in [1.165, 1.54) is 0 Å². The van der Waals surface area contributed by atoms with E-state index in [9.17, 15) is 5.11 Å². The largest absolute Gasteiger partial charge is 0.392 e. The van der Waals surface area contributed by atoms with Crippen LogP contribution in [-0.4, -0.2) is 27.5 Å². The Hall–Kier alpha value is -0.870. The molecule has 0 spiro atoms. The molecule has 4 heteroatoms. The molecule has 0 aliphatic heterocycles. The fraction of sp³-hybridized carbons (Fsp3) is 0.727. The fourth-order valence-corrected chi connectivity index (χ4v) is 1.31. The maximum atomic E-state index is 9.64. The van der Waals surface area contributed by atoms with E-state index in [4.69, 9.17) is 0 Å². The molecule has 15 heavy (non-hydrogen) atoms. The number of aryl methyl sites for hydroxylation is 1. The predicted molar refractivity (Wildman–Crippen MR) is 60.5 cm³/mol. The van der Waals surface area contributed by atoms with Crippen molar-refractivity contribution in [3.05, 3.63) is 18.0 Å². The second-order valence-electron chi connectivity index (χ2n) is 4.39. The van der Waals surface area contributed by atoms with Gasteiger partial charge in [-0.2, -0.15) is 5.10 Å². The Labute approximate surface area is 91.3 Å². The topological polar surface area (TPSA) is 50.1 Å². The fourth-order valence-electron chi connectivity index (χ4n) is 1.31. The molecule has 1 aromatic rings. The zero-order valence-electron chi connectivity index (χ0n) is 9.94. The molecule has 0 aromatic carbocycles. The number of aliphatic hydroxyl groups excluding tert-OH is 1. The van der Waals surface area contributed by atoms with Crippen molar-refractivity contribution in [2.45, 2.75) is 32.9 Å². The van der Waals surface area contributed by atoms with Crippen LogP contribution in [-0.2, 0) is 7.05 Å². The highest BCUT2D eigenvalue weighted by atomic mass is 16.3. The molecule has 0 aliphatic rings. The molecule has 0 fully saturated rings. The summed E-state index contributed by atoms with van der Waals surface area (Å²) >= 11 is 0. The summed E-state index contributed by atoms with van der Waals surface area (Å²) in [7, 11) is 1.90. The summed E-state index contributed by atoms with van der Waals surface area (Å²) in [5.74, 6) is 0.290. The normalized spacial score (nSPS) is 15.6. The van der Waals surface area contributed by atoms with Crippen molar-refractivity contribution in [3.8, 4) is 0 Å². The second kappa shape index (κ2) is 5.28. The average Bonchev–Trinajstić information content (AvgIpc) is 2.60. The maximum Gasteiger partial charge on any atom is 0.0687 e. The molecule has 86 valence electrons. The van der Waals surface area contributed by atoms with Gasteiger partial charge < -0.3 is 10.4 Å². The minimum atomic E-state index is -0.288. The van der Waals surface area contributed by atoms with Gasteiger partial charge in [0.25, 0.3) is 0 Å². The summed E-state index contributed by atoms with van der Waals surface area (Å²) in [6.45, 7) is 6.72. The lowest BCUT2D eigenvalue weighted by Gasteiger charge is -2.18. The average molecular weight is 211 g/mol. The molecule has 1 heterocycles. The molecular formula is C11H21N3O. The van der Waals surface area contributed by atoms with Crippen LogP contribution < -0.4 is 5.32 Å². The van der Waals surface area contributed by atoms with Crippen molar-refractivity contribution in [2.24, 2.45) is 13.0 Å². The number of nitrogens with one attached hydrogen (secondary N) is 1. The molecule has 2 N–H and O–H groups in total. The first-order valence-electron chi connectivity index (χ1n) is 5.40. The minimum absolute atomic E-state index is 0.229. The van der Waals surface area contributed by atoms with Crippen LogP contribution in [0.25, 0.3) is 0 Å². The lowest BCUT2D eigenvalue weighted by atomic mass is 10.1. The summed E-state index contributed by atoms with van der Waals surface area (Å²) in [5.41, 5.74) is 1.15. The third-order valence-electron chi connectivity index (χ3n) is 2.63. The number of aromatic nitrogens is 2. The van der Waals surface area contributed by atoms with Gasteiger partial charge in [-0.15, -0.1) is 0 Å². The Kier molecular flexibility index (Phi) is 4.29. The van der Waals surface area contributed by atoms with Crippen LogP contribution in [0.1, 0.15) is 32.4 Å². The Morgan fingerprint density at radius 2 is 2.13 bits per heavy atom. The lowest BCUT2D eigenvalue weighted by Crippen LogP contribution is -2.32. The first kappa shape index (κ1) is 12.2. The molecule has 1 aromatic heterocycles. The Balaban J connectivity index is 2.39. The van der Waals surface area contributed by atoms with Gasteiger partial charge in [0.1, 0.15) is 0 Å². The van der Waals surface area contributed by atoms with Crippen LogP contribution >= 0.6 is 0 Å². The smallest absolute Gasteiger partial charge is 0.0687 e. The number of rotatable bonds is 5. The van der Waals surface area contributed by atoms with Gasteiger partial charge in [-0.1, -0.05) is 13.8 Å². The summed E-state index contributed by atoms with van der Waals surface area (Å²) < 4.78 is 1.78. The van der Waals surface area contributed by atoms with Gasteiger partial charge in [-0.3, -0.25) is 4.68 Å². The molecule has 0 saturated heterocycles. The molecule has 0 bridgehead atoms. The van der Waals surface area contributed by atoms with Crippen LogP contribution in [0.5, 0.6) is 0 Å². The molecule has 0 aliphatic carbocycles. The van der Waals surface area contributed by atoms with Gasteiger partial charge in [0.05, 0.1) is 12.3 Å². The first-order chi connectivity index (χ1) is 7.00. The van der Waals surface area contributed by atoms with Crippen molar-refractivity contribution in [1.29, 1.82) is 0 Å². The highest BCUT2D eigenvalue weighted by molar-refractivity contribution is 5.08. The van der Waals surface area contributed by atoms with E-state index in [1.54, 1.807) is 4.68 Å². The van der Waals surface area contributed by atoms with Crippen molar-refractivity contribution in [3.63, 3.8) is 0 Å². The second-order valence-corrected chi connectivity index (χ2v) is 4.39. The molecule has 2 unspecified atom stereocenters. The minimum Gasteiger partial charge on any atom is -0.392 e. The summed E-state index contributed by atoms with van der Waals surface area (Å²) in [5, 5.41) is 17.0. The van der Waals surface area contributed by atoms with Crippen molar-refractivity contribution in [2.75, 3.05) is 6.54 Å². The SMILES string of the molecule is CC(NCC(O)C(C)C)c1cnn(C)c1. The van der Waals surface area contributed by atoms with Crippen molar-refractivity contribution < 1.29 is 5.11 Å². The summed E-state index contributed by atoms with van der Waals surface area (Å²) in [6.07, 6.45) is 3.54. The van der Waals surface area contributed by atoms with E-state index in [0.29, 0.717) is 12.5 Å². The monoisotopic (exact) mass is 211 g/mol. The van der Waals surface area contributed by atoms with Crippen molar-refractivity contribution in [1.82, 2.24) is 15.1 Å². The molecule has 1 rings (SSSR count). The van der Waals surface area contributed by atoms with Gasteiger partial charge in [0.15, 0.2) is 0 Å². The third kappa shape index (κ3) is 3.64. The number of hydrogen-bond donors (Lipinski definition) is 2. The Morgan fingerprint density at radius 1 is 1.47 bits per heavy atom. The molecule has 0 saturated carbocycles. The van der Waals surface area contributed by atoms with E-state index in [2.05, 4.69) is 17.3 Å². The lowest BCUT2D eigenvalue weighted by molar-refractivity contribution is 0.120. The van der Waals surface area contributed by atoms with Gasteiger partial charge in [-0.25, -0.2) is 0 Å². The Bertz CT molecular complexity index is 296. The quantitative estimate of drug-likeness (QED) is 0.766. The zero-order valence-corrected chi connectivity index (χ0v) is 9.94. The molecular weight excluding hydrogens is 190 g/mol. The van der Waals surface area contributed by atoms with Crippen LogP contribution in [0, 0.1) is 5.92 Å². The molecule has 2 atom stereocenters. The maximum absolute atomic E-state index is 9.64. The van der Waals surface area contributed by atoms with Gasteiger partial charge in [0, 0.05) is 31.4 Å². The van der Waals surface area contributed by atoms with Gasteiger partial charge >= 0.3 is 0 Å². The standard InChI is InChI=1S/C11H21N3O/c1-8(2)11(15)6-12-9(3)10-5-13-14(4)7-10/h5,7-9,11-12,15H,6H2,1-4H3. The third-order valence-corrected chi connectivity index (χ3v) is 2.63.